The Kier molecular flexibility index (Phi) is 3.64. The summed E-state index contributed by atoms with van der Waals surface area (Å²) in [7, 11) is 0. The third-order valence-corrected chi connectivity index (χ3v) is 5.73. The van der Waals surface area contributed by atoms with Gasteiger partial charge in [-0.1, -0.05) is 6.07 Å². The first kappa shape index (κ1) is 14.9. The molecule has 3 aromatic heterocycles. The Hall–Kier alpha value is -2.44. The molecule has 0 bridgehead atoms. The minimum absolute atomic E-state index is 0.00889. The Morgan fingerprint density at radius 1 is 1.16 bits per heavy atom. The maximum Gasteiger partial charge on any atom is 0.152 e. The zero-order valence-corrected chi connectivity index (χ0v) is 14.4. The Labute approximate surface area is 150 Å². The number of nitrogens with one attached hydrogen (secondary N) is 1. The Morgan fingerprint density at radius 2 is 2.12 bits per heavy atom. The van der Waals surface area contributed by atoms with E-state index in [4.69, 9.17) is 9.41 Å². The number of aromatic nitrogens is 1. The summed E-state index contributed by atoms with van der Waals surface area (Å²) in [5.41, 5.74) is 1.85. The van der Waals surface area contributed by atoms with Crippen molar-refractivity contribution in [1.29, 1.82) is 0 Å². The standard InChI is InChI=1S/C19H18N4OS/c1-5-13-16(14-6-2-11-24-14)21-17(15-7-3-12-25-15)19(23-9-4-10-23)22-18(13)20-8-1/h1-3,5-8,11-12,17,19H,4,9-10H2,(H,20,22). The topological polar surface area (TPSA) is 53.7 Å². The van der Waals surface area contributed by atoms with Crippen LogP contribution in [0, 0.1) is 0 Å². The fourth-order valence-electron chi connectivity index (χ4n) is 3.41. The largest absolute Gasteiger partial charge is 0.463 e. The van der Waals surface area contributed by atoms with Gasteiger partial charge in [-0.15, -0.1) is 11.3 Å². The molecule has 0 aromatic carbocycles. The van der Waals surface area contributed by atoms with Crippen molar-refractivity contribution in [2.45, 2.75) is 18.6 Å². The molecule has 0 spiro atoms. The SMILES string of the molecule is c1coc(C2=NC(c3cccs3)C(N3CCC3)Nc3ncccc32)c1. The van der Waals surface area contributed by atoms with Crippen molar-refractivity contribution in [3.63, 3.8) is 0 Å². The van der Waals surface area contributed by atoms with E-state index < -0.39 is 0 Å². The van der Waals surface area contributed by atoms with Gasteiger partial charge in [0.25, 0.3) is 0 Å². The first-order chi connectivity index (χ1) is 12.4. The van der Waals surface area contributed by atoms with Gasteiger partial charge in [0.1, 0.15) is 23.7 Å². The maximum absolute atomic E-state index is 5.69. The van der Waals surface area contributed by atoms with Crippen LogP contribution in [0.5, 0.6) is 0 Å². The monoisotopic (exact) mass is 350 g/mol. The highest BCUT2D eigenvalue weighted by Crippen LogP contribution is 2.36. The smallest absolute Gasteiger partial charge is 0.152 e. The van der Waals surface area contributed by atoms with E-state index >= 15 is 0 Å². The van der Waals surface area contributed by atoms with E-state index in [9.17, 15) is 0 Å². The number of rotatable bonds is 3. The molecule has 1 saturated heterocycles. The molecule has 3 aromatic rings. The molecule has 2 aliphatic rings. The van der Waals surface area contributed by atoms with E-state index in [-0.39, 0.29) is 12.2 Å². The number of aliphatic imine (C=N–C) groups is 1. The van der Waals surface area contributed by atoms with Crippen LogP contribution in [0.15, 0.2) is 63.6 Å². The fourth-order valence-corrected chi connectivity index (χ4v) is 4.20. The van der Waals surface area contributed by atoms with Crippen molar-refractivity contribution in [3.8, 4) is 0 Å². The van der Waals surface area contributed by atoms with Gasteiger partial charge in [0, 0.05) is 29.7 Å². The molecule has 5 heterocycles. The molecule has 126 valence electrons. The Bertz CT molecular complexity index is 884. The van der Waals surface area contributed by atoms with Crippen LogP contribution in [0.3, 0.4) is 0 Å². The molecule has 25 heavy (non-hydrogen) atoms. The number of furan rings is 1. The molecule has 5 rings (SSSR count). The van der Waals surface area contributed by atoms with Gasteiger partial charge in [-0.25, -0.2) is 4.98 Å². The Balaban J connectivity index is 1.69. The van der Waals surface area contributed by atoms with Crippen LogP contribution in [0.25, 0.3) is 0 Å². The van der Waals surface area contributed by atoms with Crippen molar-refractivity contribution in [2.75, 3.05) is 18.4 Å². The summed E-state index contributed by atoms with van der Waals surface area (Å²) < 4.78 is 5.69. The first-order valence-corrected chi connectivity index (χ1v) is 9.39. The number of anilines is 1. The highest BCUT2D eigenvalue weighted by molar-refractivity contribution is 7.10. The second kappa shape index (κ2) is 6.13. The molecule has 1 fully saturated rings. The summed E-state index contributed by atoms with van der Waals surface area (Å²) in [5, 5.41) is 5.77. The van der Waals surface area contributed by atoms with Crippen LogP contribution in [-0.4, -0.2) is 34.9 Å². The lowest BCUT2D eigenvalue weighted by atomic mass is 10.1. The third kappa shape index (κ3) is 2.58. The highest BCUT2D eigenvalue weighted by Gasteiger charge is 2.36. The molecule has 0 amide bonds. The zero-order valence-electron chi connectivity index (χ0n) is 13.6. The van der Waals surface area contributed by atoms with Crippen molar-refractivity contribution < 1.29 is 4.42 Å². The van der Waals surface area contributed by atoms with Gasteiger partial charge in [-0.2, -0.15) is 0 Å². The molecule has 1 N–H and O–H groups in total. The lowest BCUT2D eigenvalue weighted by Crippen LogP contribution is -2.51. The summed E-state index contributed by atoms with van der Waals surface area (Å²) >= 11 is 1.75. The lowest BCUT2D eigenvalue weighted by Gasteiger charge is -2.40. The Morgan fingerprint density at radius 3 is 2.84 bits per heavy atom. The van der Waals surface area contributed by atoms with Crippen LogP contribution in [0.2, 0.25) is 0 Å². The van der Waals surface area contributed by atoms with E-state index in [0.717, 1.165) is 35.9 Å². The summed E-state index contributed by atoms with van der Waals surface area (Å²) in [5.74, 6) is 1.65. The molecule has 0 saturated carbocycles. The minimum Gasteiger partial charge on any atom is -0.463 e. The fraction of sp³-hybridized carbons (Fsp3) is 0.263. The van der Waals surface area contributed by atoms with Crippen LogP contribution < -0.4 is 5.32 Å². The number of thiophene rings is 1. The highest BCUT2D eigenvalue weighted by atomic mass is 32.1. The molecule has 6 heteroatoms. The van der Waals surface area contributed by atoms with Crippen molar-refractivity contribution in [2.24, 2.45) is 4.99 Å². The summed E-state index contributed by atoms with van der Waals surface area (Å²) in [6, 6.07) is 12.1. The van der Waals surface area contributed by atoms with E-state index in [1.165, 1.54) is 11.3 Å². The maximum atomic E-state index is 5.69. The van der Waals surface area contributed by atoms with Crippen molar-refractivity contribution >= 4 is 22.9 Å². The van der Waals surface area contributed by atoms with Crippen molar-refractivity contribution in [1.82, 2.24) is 9.88 Å². The van der Waals surface area contributed by atoms with Gasteiger partial charge >= 0.3 is 0 Å². The number of nitrogens with zero attached hydrogens (tertiary/aromatic N) is 3. The van der Waals surface area contributed by atoms with Gasteiger partial charge in [0.05, 0.1) is 6.26 Å². The quantitative estimate of drug-likeness (QED) is 0.781. The van der Waals surface area contributed by atoms with E-state index in [2.05, 4.69) is 38.8 Å². The van der Waals surface area contributed by atoms with Crippen LogP contribution in [-0.2, 0) is 0 Å². The van der Waals surface area contributed by atoms with E-state index in [1.807, 2.05) is 24.4 Å². The molecule has 2 aliphatic heterocycles. The van der Waals surface area contributed by atoms with E-state index in [0.29, 0.717) is 0 Å². The second-order valence-electron chi connectivity index (χ2n) is 6.29. The van der Waals surface area contributed by atoms with Crippen LogP contribution in [0.1, 0.15) is 28.7 Å². The molecule has 0 aliphatic carbocycles. The van der Waals surface area contributed by atoms with Gasteiger partial charge in [-0.3, -0.25) is 9.89 Å². The molecular formula is C19H18N4OS. The number of likely N-dealkylation sites (tertiary alicyclic amines) is 1. The summed E-state index contributed by atoms with van der Waals surface area (Å²) in [6.07, 6.45) is 4.86. The van der Waals surface area contributed by atoms with Crippen molar-refractivity contribution in [3.05, 3.63) is 70.4 Å². The molecule has 5 nitrogen and oxygen atoms in total. The summed E-state index contributed by atoms with van der Waals surface area (Å²) in [6.45, 7) is 2.18. The molecule has 0 radical (unpaired) electrons. The molecule has 2 unspecified atom stereocenters. The average Bonchev–Trinajstić information content (AvgIpc) is 3.26. The molecule has 2 atom stereocenters. The number of fused-ring (bicyclic) bond motifs is 1. The van der Waals surface area contributed by atoms with Gasteiger partial charge in [-0.05, 0) is 42.1 Å². The predicted octanol–water partition coefficient (Wildman–Crippen LogP) is 3.77. The second-order valence-corrected chi connectivity index (χ2v) is 7.27. The summed E-state index contributed by atoms with van der Waals surface area (Å²) in [4.78, 5) is 13.5. The van der Waals surface area contributed by atoms with Gasteiger partial charge < -0.3 is 9.73 Å². The lowest BCUT2D eigenvalue weighted by molar-refractivity contribution is 0.117. The van der Waals surface area contributed by atoms with Gasteiger partial charge in [0.2, 0.25) is 0 Å². The molecular weight excluding hydrogens is 332 g/mol. The number of pyridine rings is 1. The minimum atomic E-state index is 0.00889. The third-order valence-electron chi connectivity index (χ3n) is 4.79. The normalized spacial score (nSPS) is 23.1. The number of hydrogen-bond acceptors (Lipinski definition) is 6. The van der Waals surface area contributed by atoms with Crippen LogP contribution >= 0.6 is 11.3 Å². The van der Waals surface area contributed by atoms with E-state index in [1.54, 1.807) is 17.6 Å². The zero-order chi connectivity index (χ0) is 16.6. The number of hydrogen-bond donors (Lipinski definition) is 1. The predicted molar refractivity (Wildman–Crippen MR) is 99.2 cm³/mol. The van der Waals surface area contributed by atoms with Gasteiger partial charge in [0.15, 0.2) is 5.76 Å². The first-order valence-electron chi connectivity index (χ1n) is 8.51. The van der Waals surface area contributed by atoms with Crippen LogP contribution in [0.4, 0.5) is 5.82 Å². The average molecular weight is 350 g/mol.